The minimum absolute atomic E-state index is 0.0172. The minimum atomic E-state index is -0.0172. The largest absolute Gasteiger partial charge is 0.497 e. The first kappa shape index (κ1) is 18.9. The van der Waals surface area contributed by atoms with Crippen LogP contribution in [0.5, 0.6) is 0 Å². The second kappa shape index (κ2) is 8.22. The molecular formula is C21H23N3O2S. The Kier molecular flexibility index (Phi) is 5.76. The second-order valence-corrected chi connectivity index (χ2v) is 6.66. The Morgan fingerprint density at radius 3 is 2.81 bits per heavy atom. The van der Waals surface area contributed by atoms with Crippen LogP contribution in [-0.2, 0) is 4.74 Å². The van der Waals surface area contributed by atoms with Crippen molar-refractivity contribution in [1.29, 1.82) is 0 Å². The average molecular weight is 382 g/mol. The number of hydrogen-bond acceptors (Lipinski definition) is 5. The van der Waals surface area contributed by atoms with Gasteiger partial charge in [-0.3, -0.25) is 9.36 Å². The number of nitrogens with zero attached hydrogens (tertiary/aromatic N) is 2. The topological polar surface area (TPSA) is 56.2 Å². The molecule has 0 aliphatic heterocycles. The summed E-state index contributed by atoms with van der Waals surface area (Å²) in [5, 5.41) is 5.13. The van der Waals surface area contributed by atoms with Crippen molar-refractivity contribution in [3.8, 4) is 0 Å². The van der Waals surface area contributed by atoms with Gasteiger partial charge in [0.05, 0.1) is 7.11 Å². The Morgan fingerprint density at radius 2 is 2.07 bits per heavy atom. The van der Waals surface area contributed by atoms with E-state index in [0.717, 1.165) is 37.4 Å². The molecule has 0 radical (unpaired) electrons. The SMILES string of the molecule is CC.CNc1ccnc2sc3c(=O)n(C4=CC=C(OC)C=CC4)ccc3c12. The average Bonchev–Trinajstić information content (AvgIpc) is 2.94. The molecule has 3 aromatic rings. The summed E-state index contributed by atoms with van der Waals surface area (Å²) in [5.41, 5.74) is 1.88. The lowest BCUT2D eigenvalue weighted by Gasteiger charge is -2.08. The zero-order valence-corrected chi connectivity index (χ0v) is 16.8. The van der Waals surface area contributed by atoms with E-state index >= 15 is 0 Å². The van der Waals surface area contributed by atoms with Crippen LogP contribution >= 0.6 is 11.3 Å². The van der Waals surface area contributed by atoms with Crippen molar-refractivity contribution < 1.29 is 4.74 Å². The van der Waals surface area contributed by atoms with Gasteiger partial charge in [-0.1, -0.05) is 19.9 Å². The molecule has 1 aliphatic carbocycles. The number of allylic oxidation sites excluding steroid dienone is 5. The number of anilines is 1. The van der Waals surface area contributed by atoms with E-state index in [1.54, 1.807) is 17.9 Å². The maximum atomic E-state index is 13.1. The van der Waals surface area contributed by atoms with Crippen molar-refractivity contribution in [1.82, 2.24) is 9.55 Å². The van der Waals surface area contributed by atoms with Crippen molar-refractivity contribution in [2.75, 3.05) is 19.5 Å². The van der Waals surface area contributed by atoms with Crippen LogP contribution in [0.15, 0.2) is 59.4 Å². The number of nitrogens with one attached hydrogen (secondary N) is 1. The van der Waals surface area contributed by atoms with Gasteiger partial charge in [-0.05, 0) is 30.4 Å². The minimum Gasteiger partial charge on any atom is -0.497 e. The predicted molar refractivity (Wildman–Crippen MR) is 115 cm³/mol. The molecule has 0 spiro atoms. The van der Waals surface area contributed by atoms with Gasteiger partial charge in [0, 0.05) is 48.0 Å². The van der Waals surface area contributed by atoms with Crippen molar-refractivity contribution >= 4 is 43.0 Å². The second-order valence-electron chi connectivity index (χ2n) is 5.66. The fourth-order valence-electron chi connectivity index (χ4n) is 3.04. The van der Waals surface area contributed by atoms with Crippen molar-refractivity contribution in [2.24, 2.45) is 0 Å². The number of thiophene rings is 1. The van der Waals surface area contributed by atoms with Gasteiger partial charge in [-0.2, -0.15) is 0 Å². The van der Waals surface area contributed by atoms with Gasteiger partial charge in [0.2, 0.25) is 0 Å². The van der Waals surface area contributed by atoms with Crippen molar-refractivity contribution in [2.45, 2.75) is 20.3 Å². The van der Waals surface area contributed by atoms with Crippen molar-refractivity contribution in [3.05, 3.63) is 64.9 Å². The fraction of sp³-hybridized carbons (Fsp3) is 0.238. The molecule has 1 aliphatic rings. The smallest absolute Gasteiger partial charge is 0.272 e. The third-order valence-electron chi connectivity index (χ3n) is 4.30. The molecule has 0 atom stereocenters. The number of methoxy groups -OCH3 is 1. The first-order chi connectivity index (χ1) is 13.2. The lowest BCUT2D eigenvalue weighted by molar-refractivity contribution is 0.307. The Morgan fingerprint density at radius 1 is 1.26 bits per heavy atom. The summed E-state index contributed by atoms with van der Waals surface area (Å²) in [7, 11) is 3.51. The molecule has 3 heterocycles. The maximum Gasteiger partial charge on any atom is 0.272 e. The summed E-state index contributed by atoms with van der Waals surface area (Å²) in [6, 6.07) is 3.92. The van der Waals surface area contributed by atoms with Crippen LogP contribution in [0.4, 0.5) is 5.69 Å². The summed E-state index contributed by atoms with van der Waals surface area (Å²) >= 11 is 1.44. The van der Waals surface area contributed by atoms with Gasteiger partial charge in [0.25, 0.3) is 5.56 Å². The Hall–Kier alpha value is -2.86. The van der Waals surface area contributed by atoms with E-state index < -0.39 is 0 Å². The molecule has 4 rings (SSSR count). The molecule has 5 nitrogen and oxygen atoms in total. The van der Waals surface area contributed by atoms with Crippen LogP contribution in [0.25, 0.3) is 26.0 Å². The highest BCUT2D eigenvalue weighted by atomic mass is 32.1. The van der Waals surface area contributed by atoms with Gasteiger partial charge in [0.15, 0.2) is 0 Å². The standard InChI is InChI=1S/C19H17N3O2S.C2H6/c1-20-15-8-10-21-18-16(15)14-9-11-22(19(23)17(14)25-18)12-4-3-5-13(24-2)7-6-12;1-2/h3,5-11H,4H2,1-2H3,(H,20,21);1-2H3. The number of fused-ring (bicyclic) bond motifs is 3. The lowest BCUT2D eigenvalue weighted by atomic mass is 10.2. The number of hydrogen-bond donors (Lipinski definition) is 1. The maximum absolute atomic E-state index is 13.1. The van der Waals surface area contributed by atoms with Crippen LogP contribution in [0.1, 0.15) is 20.3 Å². The monoisotopic (exact) mass is 381 g/mol. The van der Waals surface area contributed by atoms with E-state index in [-0.39, 0.29) is 5.56 Å². The van der Waals surface area contributed by atoms with E-state index in [0.29, 0.717) is 6.42 Å². The van der Waals surface area contributed by atoms with Crippen LogP contribution in [0.2, 0.25) is 0 Å². The zero-order valence-electron chi connectivity index (χ0n) is 15.9. The van der Waals surface area contributed by atoms with Gasteiger partial charge < -0.3 is 10.1 Å². The Balaban J connectivity index is 0.00000102. The third kappa shape index (κ3) is 3.40. The molecule has 0 aromatic carbocycles. The lowest BCUT2D eigenvalue weighted by Crippen LogP contribution is -2.17. The quantitative estimate of drug-likeness (QED) is 0.693. The fourth-order valence-corrected chi connectivity index (χ4v) is 4.13. The molecular weight excluding hydrogens is 358 g/mol. The number of ether oxygens (including phenoxy) is 1. The zero-order chi connectivity index (χ0) is 19.4. The molecule has 0 fully saturated rings. The molecule has 0 saturated carbocycles. The Labute approximate surface area is 162 Å². The molecule has 0 saturated heterocycles. The first-order valence-corrected chi connectivity index (χ1v) is 9.77. The highest BCUT2D eigenvalue weighted by Crippen LogP contribution is 2.35. The molecule has 3 aromatic heterocycles. The molecule has 1 N–H and O–H groups in total. The molecule has 0 bridgehead atoms. The van der Waals surface area contributed by atoms with E-state index in [4.69, 9.17) is 4.74 Å². The van der Waals surface area contributed by atoms with Gasteiger partial charge in [0.1, 0.15) is 15.3 Å². The van der Waals surface area contributed by atoms with Crippen LogP contribution in [-0.4, -0.2) is 23.7 Å². The Bertz CT molecular complexity index is 1120. The molecule has 0 unspecified atom stereocenters. The van der Waals surface area contributed by atoms with Gasteiger partial charge in [-0.25, -0.2) is 4.98 Å². The van der Waals surface area contributed by atoms with E-state index in [1.165, 1.54) is 11.3 Å². The highest BCUT2D eigenvalue weighted by Gasteiger charge is 2.15. The van der Waals surface area contributed by atoms with Crippen LogP contribution in [0.3, 0.4) is 0 Å². The summed E-state index contributed by atoms with van der Waals surface area (Å²) in [6.45, 7) is 4.00. The van der Waals surface area contributed by atoms with Crippen molar-refractivity contribution in [3.63, 3.8) is 0 Å². The normalized spacial score (nSPS) is 13.5. The molecule has 27 heavy (non-hydrogen) atoms. The number of pyridine rings is 2. The van der Waals surface area contributed by atoms with E-state index in [9.17, 15) is 4.79 Å². The van der Waals surface area contributed by atoms with Gasteiger partial charge in [-0.15, -0.1) is 11.3 Å². The summed E-state index contributed by atoms with van der Waals surface area (Å²) in [4.78, 5) is 18.4. The summed E-state index contributed by atoms with van der Waals surface area (Å²) < 4.78 is 7.68. The molecule has 0 amide bonds. The van der Waals surface area contributed by atoms with Crippen LogP contribution in [0, 0.1) is 0 Å². The van der Waals surface area contributed by atoms with E-state index in [1.807, 2.05) is 63.5 Å². The molecule has 6 heteroatoms. The molecule has 140 valence electrons. The number of aromatic nitrogens is 2. The third-order valence-corrected chi connectivity index (χ3v) is 5.40. The summed E-state index contributed by atoms with van der Waals surface area (Å²) in [5.74, 6) is 0.772. The van der Waals surface area contributed by atoms with Gasteiger partial charge >= 0.3 is 0 Å². The number of rotatable bonds is 3. The van der Waals surface area contributed by atoms with E-state index in [2.05, 4.69) is 10.3 Å². The predicted octanol–water partition coefficient (Wildman–Crippen LogP) is 5.01. The highest BCUT2D eigenvalue weighted by molar-refractivity contribution is 7.25. The summed E-state index contributed by atoms with van der Waals surface area (Å²) in [6.07, 6.45) is 12.0. The first-order valence-electron chi connectivity index (χ1n) is 8.95. The van der Waals surface area contributed by atoms with Crippen LogP contribution < -0.4 is 10.9 Å².